The van der Waals surface area contributed by atoms with Crippen molar-refractivity contribution in [1.82, 2.24) is 15.6 Å². The highest BCUT2D eigenvalue weighted by Crippen LogP contribution is 2.17. The number of fused-ring (bicyclic) bond motifs is 1. The average molecular weight is 414 g/mol. The van der Waals surface area contributed by atoms with Crippen LogP contribution in [0.3, 0.4) is 0 Å². The summed E-state index contributed by atoms with van der Waals surface area (Å²) in [7, 11) is -3.65. The number of rotatable bonds is 8. The number of nitrogens with two attached hydrogens (primary N) is 1. The number of nitrogens with zero attached hydrogens (tertiary/aromatic N) is 1. The number of benzene rings is 2. The van der Waals surface area contributed by atoms with Crippen molar-refractivity contribution < 1.29 is 8.42 Å². The Bertz CT molecular complexity index is 1070. The summed E-state index contributed by atoms with van der Waals surface area (Å²) in [6.07, 6.45) is 3.65. The summed E-state index contributed by atoms with van der Waals surface area (Å²) in [5.74, 6) is 0.772. The maximum atomic E-state index is 11.3. The highest BCUT2D eigenvalue weighted by atomic mass is 32.2. The first kappa shape index (κ1) is 20.9. The number of aromatic amines is 1. The minimum Gasteiger partial charge on any atom is -0.361 e. The van der Waals surface area contributed by atoms with Crippen LogP contribution in [-0.4, -0.2) is 39.0 Å². The lowest BCUT2D eigenvalue weighted by Gasteiger charge is -2.11. The van der Waals surface area contributed by atoms with E-state index >= 15 is 0 Å². The van der Waals surface area contributed by atoms with E-state index in [0.29, 0.717) is 13.1 Å². The molecule has 0 bridgehead atoms. The van der Waals surface area contributed by atoms with Crippen LogP contribution in [0, 0.1) is 0 Å². The Balaban J connectivity index is 1.52. The van der Waals surface area contributed by atoms with E-state index < -0.39 is 10.0 Å². The Labute approximate surface area is 171 Å². The predicted octanol–water partition coefficient (Wildman–Crippen LogP) is 2.16. The molecular formula is C21H27N5O2S. The van der Waals surface area contributed by atoms with Gasteiger partial charge in [0.1, 0.15) is 0 Å². The van der Waals surface area contributed by atoms with E-state index in [0.717, 1.165) is 36.4 Å². The maximum absolute atomic E-state index is 11.3. The summed E-state index contributed by atoms with van der Waals surface area (Å²) in [5, 5.41) is 12.9. The fraction of sp³-hybridized carbons (Fsp3) is 0.286. The monoisotopic (exact) mass is 413 g/mol. The van der Waals surface area contributed by atoms with Crippen LogP contribution in [0.4, 0.5) is 0 Å². The molecule has 0 saturated carbocycles. The van der Waals surface area contributed by atoms with Crippen LogP contribution in [0.2, 0.25) is 0 Å². The van der Waals surface area contributed by atoms with Gasteiger partial charge in [-0.05, 0) is 49.1 Å². The van der Waals surface area contributed by atoms with E-state index in [-0.39, 0.29) is 4.90 Å². The average Bonchev–Trinajstić information content (AvgIpc) is 3.11. The number of aromatic nitrogens is 1. The fourth-order valence-electron chi connectivity index (χ4n) is 3.14. The zero-order valence-electron chi connectivity index (χ0n) is 16.5. The largest absolute Gasteiger partial charge is 0.361 e. The Morgan fingerprint density at radius 1 is 1.07 bits per heavy atom. The van der Waals surface area contributed by atoms with Gasteiger partial charge in [-0.3, -0.25) is 4.99 Å². The van der Waals surface area contributed by atoms with Crippen molar-refractivity contribution in [1.29, 1.82) is 0 Å². The molecule has 1 aromatic heterocycles. The summed E-state index contributed by atoms with van der Waals surface area (Å²) < 4.78 is 22.6. The number of guanidine groups is 1. The van der Waals surface area contributed by atoms with Gasteiger partial charge in [0.2, 0.25) is 10.0 Å². The highest BCUT2D eigenvalue weighted by molar-refractivity contribution is 7.89. The van der Waals surface area contributed by atoms with E-state index in [1.807, 2.05) is 25.3 Å². The molecule has 8 heteroatoms. The molecule has 0 atom stereocenters. The number of hydrogen-bond acceptors (Lipinski definition) is 3. The van der Waals surface area contributed by atoms with E-state index in [4.69, 9.17) is 5.14 Å². The summed E-state index contributed by atoms with van der Waals surface area (Å²) in [6, 6.07) is 14.9. The lowest BCUT2D eigenvalue weighted by atomic mass is 10.1. The van der Waals surface area contributed by atoms with Gasteiger partial charge < -0.3 is 15.6 Å². The number of aliphatic imine (C=N–C) groups is 1. The number of para-hydroxylation sites is 1. The molecule has 7 nitrogen and oxygen atoms in total. The molecule has 0 amide bonds. The molecule has 0 aliphatic rings. The number of nitrogens with one attached hydrogen (secondary N) is 3. The van der Waals surface area contributed by atoms with E-state index in [1.165, 1.54) is 23.1 Å². The van der Waals surface area contributed by atoms with Crippen molar-refractivity contribution in [3.05, 3.63) is 65.9 Å². The minimum atomic E-state index is -3.65. The third-order valence-corrected chi connectivity index (χ3v) is 5.56. The summed E-state index contributed by atoms with van der Waals surface area (Å²) in [4.78, 5) is 8.08. The normalized spacial score (nSPS) is 12.3. The van der Waals surface area contributed by atoms with Gasteiger partial charge in [-0.25, -0.2) is 13.6 Å². The van der Waals surface area contributed by atoms with Gasteiger partial charge in [0.25, 0.3) is 0 Å². The molecule has 0 radical (unpaired) electrons. The zero-order chi connectivity index (χ0) is 20.7. The molecule has 2 aromatic carbocycles. The number of H-pyrrole nitrogens is 1. The molecule has 29 heavy (non-hydrogen) atoms. The van der Waals surface area contributed by atoms with E-state index in [2.05, 4.69) is 32.7 Å². The zero-order valence-corrected chi connectivity index (χ0v) is 17.3. The van der Waals surface area contributed by atoms with Gasteiger partial charge in [0.15, 0.2) is 5.96 Å². The second-order valence-electron chi connectivity index (χ2n) is 6.74. The van der Waals surface area contributed by atoms with E-state index in [9.17, 15) is 8.42 Å². The van der Waals surface area contributed by atoms with Crippen molar-refractivity contribution in [3.63, 3.8) is 0 Å². The van der Waals surface area contributed by atoms with Crippen LogP contribution in [0.25, 0.3) is 10.9 Å². The van der Waals surface area contributed by atoms with Gasteiger partial charge in [-0.2, -0.15) is 0 Å². The SMILES string of the molecule is CCNC(=NCCc1c[nH]c2ccccc12)NCCc1ccc(S(N)(=O)=O)cc1. The van der Waals surface area contributed by atoms with Crippen molar-refractivity contribution in [2.24, 2.45) is 10.1 Å². The highest BCUT2D eigenvalue weighted by Gasteiger charge is 2.07. The summed E-state index contributed by atoms with van der Waals surface area (Å²) in [6.45, 7) is 4.18. The smallest absolute Gasteiger partial charge is 0.238 e. The van der Waals surface area contributed by atoms with Crippen LogP contribution >= 0.6 is 0 Å². The first-order chi connectivity index (χ1) is 14.0. The lowest BCUT2D eigenvalue weighted by Crippen LogP contribution is -2.38. The fourth-order valence-corrected chi connectivity index (χ4v) is 3.65. The molecule has 0 spiro atoms. The van der Waals surface area contributed by atoms with E-state index in [1.54, 1.807) is 12.1 Å². The van der Waals surface area contributed by atoms with Crippen LogP contribution in [0.5, 0.6) is 0 Å². The molecule has 0 unspecified atom stereocenters. The first-order valence-electron chi connectivity index (χ1n) is 9.66. The third kappa shape index (κ3) is 5.82. The molecule has 5 N–H and O–H groups in total. The van der Waals surface area contributed by atoms with Gasteiger partial charge >= 0.3 is 0 Å². The topological polar surface area (TPSA) is 112 Å². The Hall–Kier alpha value is -2.84. The molecular weight excluding hydrogens is 386 g/mol. The van der Waals surface area contributed by atoms with Crippen molar-refractivity contribution in [2.75, 3.05) is 19.6 Å². The van der Waals surface area contributed by atoms with Gasteiger partial charge in [-0.1, -0.05) is 30.3 Å². The molecule has 0 saturated heterocycles. The predicted molar refractivity (Wildman–Crippen MR) is 118 cm³/mol. The van der Waals surface area contributed by atoms with Crippen molar-refractivity contribution in [2.45, 2.75) is 24.7 Å². The lowest BCUT2D eigenvalue weighted by molar-refractivity contribution is 0.598. The van der Waals surface area contributed by atoms with Crippen LogP contribution in [0.1, 0.15) is 18.1 Å². The van der Waals surface area contributed by atoms with Crippen LogP contribution in [0.15, 0.2) is 64.6 Å². The maximum Gasteiger partial charge on any atom is 0.238 e. The van der Waals surface area contributed by atoms with Crippen LogP contribution in [-0.2, 0) is 22.9 Å². The summed E-state index contributed by atoms with van der Waals surface area (Å²) >= 11 is 0. The Morgan fingerprint density at radius 3 is 2.55 bits per heavy atom. The third-order valence-electron chi connectivity index (χ3n) is 4.63. The molecule has 1 heterocycles. The Morgan fingerprint density at radius 2 is 1.83 bits per heavy atom. The molecule has 154 valence electrons. The second kappa shape index (κ2) is 9.58. The minimum absolute atomic E-state index is 0.126. The number of primary sulfonamides is 1. The van der Waals surface area contributed by atoms with Crippen molar-refractivity contribution >= 4 is 26.9 Å². The summed E-state index contributed by atoms with van der Waals surface area (Å²) in [5.41, 5.74) is 3.43. The molecule has 3 rings (SSSR count). The Kier molecular flexibility index (Phi) is 6.90. The van der Waals surface area contributed by atoms with Crippen molar-refractivity contribution in [3.8, 4) is 0 Å². The molecule has 0 fully saturated rings. The first-order valence-corrected chi connectivity index (χ1v) is 11.2. The second-order valence-corrected chi connectivity index (χ2v) is 8.30. The van der Waals surface area contributed by atoms with Crippen LogP contribution < -0.4 is 15.8 Å². The number of sulfonamides is 1. The number of hydrogen-bond donors (Lipinski definition) is 4. The van der Waals surface area contributed by atoms with Gasteiger partial charge in [-0.15, -0.1) is 0 Å². The molecule has 0 aliphatic heterocycles. The quantitative estimate of drug-likeness (QED) is 0.335. The molecule has 0 aliphatic carbocycles. The van der Waals surface area contributed by atoms with Gasteiger partial charge in [0, 0.05) is 36.7 Å². The molecule has 3 aromatic rings. The van der Waals surface area contributed by atoms with Gasteiger partial charge in [0.05, 0.1) is 4.90 Å². The standard InChI is InChI=1S/C21H27N5O2S/c1-2-23-21(24-13-11-16-7-9-18(10-8-16)29(22,27)28)25-14-12-17-15-26-20-6-4-3-5-19(17)20/h3-10,15,26H,2,11-14H2,1H3,(H2,22,27,28)(H2,23,24,25).